The molecule has 12 heavy (non-hydrogen) atoms. The van der Waals surface area contributed by atoms with Crippen molar-refractivity contribution >= 4 is 5.78 Å². The highest BCUT2D eigenvalue weighted by molar-refractivity contribution is 5.83. The molecule has 1 aliphatic rings. The van der Waals surface area contributed by atoms with Crippen LogP contribution in [0.5, 0.6) is 0 Å². The van der Waals surface area contributed by atoms with Crippen LogP contribution in [0.15, 0.2) is 12.2 Å². The molecule has 68 valence electrons. The maximum Gasteiger partial charge on any atom is 0.140 e. The molecule has 0 aromatic rings. The smallest absolute Gasteiger partial charge is 0.140 e. The molecule has 0 aromatic heterocycles. The van der Waals surface area contributed by atoms with Crippen LogP contribution < -0.4 is 5.73 Å². The van der Waals surface area contributed by atoms with Gasteiger partial charge in [-0.25, -0.2) is 0 Å². The largest absolute Gasteiger partial charge is 0.328 e. The summed E-state index contributed by atoms with van der Waals surface area (Å²) >= 11 is 0. The third-order valence-electron chi connectivity index (χ3n) is 2.40. The number of hydrogen-bond donors (Lipinski definition) is 1. The Bertz CT molecular complexity index is 198. The van der Waals surface area contributed by atoms with Gasteiger partial charge < -0.3 is 5.73 Å². The molecule has 2 N–H and O–H groups in total. The van der Waals surface area contributed by atoms with Gasteiger partial charge in [0.05, 0.1) is 0 Å². The Morgan fingerprint density at radius 3 is 2.67 bits per heavy atom. The van der Waals surface area contributed by atoms with E-state index in [1.165, 1.54) is 0 Å². The van der Waals surface area contributed by atoms with Gasteiger partial charge in [0.15, 0.2) is 0 Å². The second-order valence-electron chi connectivity index (χ2n) is 3.87. The zero-order valence-electron chi connectivity index (χ0n) is 7.68. The van der Waals surface area contributed by atoms with Crippen molar-refractivity contribution in [3.05, 3.63) is 12.2 Å². The average Bonchev–Trinajstić information content (AvgIpc) is 2.34. The van der Waals surface area contributed by atoms with Crippen LogP contribution in [0.25, 0.3) is 0 Å². The Balaban J connectivity index is 2.38. The summed E-state index contributed by atoms with van der Waals surface area (Å²) in [4.78, 5) is 11.5. The van der Waals surface area contributed by atoms with Gasteiger partial charge in [-0.2, -0.15) is 0 Å². The monoisotopic (exact) mass is 167 g/mol. The summed E-state index contributed by atoms with van der Waals surface area (Å²) in [7, 11) is 0. The van der Waals surface area contributed by atoms with Crippen molar-refractivity contribution in [2.24, 2.45) is 11.7 Å². The summed E-state index contributed by atoms with van der Waals surface area (Å²) in [5.41, 5.74) is 6.68. The summed E-state index contributed by atoms with van der Waals surface area (Å²) in [5, 5.41) is 0. The standard InChI is InChI=1S/C10H17NO/c1-7(2)5-10(12)8-3-4-9(11)6-8/h8-9H,1,3-6,11H2,2H3. The minimum atomic E-state index is 0.219. The Labute approximate surface area is 73.8 Å². The van der Waals surface area contributed by atoms with Gasteiger partial charge in [0.25, 0.3) is 0 Å². The average molecular weight is 167 g/mol. The molecular weight excluding hydrogens is 150 g/mol. The van der Waals surface area contributed by atoms with E-state index in [0.717, 1.165) is 24.8 Å². The van der Waals surface area contributed by atoms with Gasteiger partial charge in [0, 0.05) is 18.4 Å². The minimum Gasteiger partial charge on any atom is -0.328 e. The lowest BCUT2D eigenvalue weighted by Crippen LogP contribution is -2.17. The molecule has 1 fully saturated rings. The molecule has 2 atom stereocenters. The number of rotatable bonds is 3. The second-order valence-corrected chi connectivity index (χ2v) is 3.87. The lowest BCUT2D eigenvalue weighted by atomic mass is 9.97. The lowest BCUT2D eigenvalue weighted by Gasteiger charge is -2.07. The number of carbonyl (C=O) groups is 1. The van der Waals surface area contributed by atoms with Gasteiger partial charge in [0.1, 0.15) is 5.78 Å². The maximum absolute atomic E-state index is 11.5. The summed E-state index contributed by atoms with van der Waals surface area (Å²) in [6, 6.07) is 0.254. The van der Waals surface area contributed by atoms with Crippen LogP contribution in [0.3, 0.4) is 0 Å². The summed E-state index contributed by atoms with van der Waals surface area (Å²) < 4.78 is 0. The molecule has 0 radical (unpaired) electrons. The fourth-order valence-corrected chi connectivity index (χ4v) is 1.75. The number of carbonyl (C=O) groups excluding carboxylic acids is 1. The van der Waals surface area contributed by atoms with E-state index in [1.54, 1.807) is 0 Å². The Kier molecular flexibility index (Phi) is 3.04. The third kappa shape index (κ3) is 2.45. The van der Waals surface area contributed by atoms with Gasteiger partial charge in [-0.15, -0.1) is 0 Å². The van der Waals surface area contributed by atoms with Gasteiger partial charge in [0.2, 0.25) is 0 Å². The van der Waals surface area contributed by atoms with Crippen LogP contribution >= 0.6 is 0 Å². The molecule has 1 aliphatic carbocycles. The zero-order chi connectivity index (χ0) is 9.14. The first-order valence-electron chi connectivity index (χ1n) is 4.52. The first-order chi connectivity index (χ1) is 5.59. The molecule has 0 heterocycles. The summed E-state index contributed by atoms with van der Waals surface area (Å²) in [6.45, 7) is 5.63. The van der Waals surface area contributed by atoms with E-state index in [0.29, 0.717) is 12.2 Å². The normalized spacial score (nSPS) is 28.8. The van der Waals surface area contributed by atoms with Crippen LogP contribution in [-0.4, -0.2) is 11.8 Å². The number of allylic oxidation sites excluding steroid dienone is 1. The zero-order valence-corrected chi connectivity index (χ0v) is 7.68. The molecule has 2 heteroatoms. The van der Waals surface area contributed by atoms with Crippen molar-refractivity contribution in [1.29, 1.82) is 0 Å². The van der Waals surface area contributed by atoms with Crippen molar-refractivity contribution in [2.45, 2.75) is 38.6 Å². The van der Waals surface area contributed by atoms with Crippen LogP contribution in [0.2, 0.25) is 0 Å². The Hall–Kier alpha value is -0.630. The van der Waals surface area contributed by atoms with E-state index in [-0.39, 0.29) is 12.0 Å². The second kappa shape index (κ2) is 3.85. The fourth-order valence-electron chi connectivity index (χ4n) is 1.75. The van der Waals surface area contributed by atoms with Crippen LogP contribution in [0, 0.1) is 5.92 Å². The summed E-state index contributed by atoms with van der Waals surface area (Å²) in [6.07, 6.45) is 3.41. The quantitative estimate of drug-likeness (QED) is 0.649. The maximum atomic E-state index is 11.5. The third-order valence-corrected chi connectivity index (χ3v) is 2.40. The Morgan fingerprint density at radius 1 is 1.58 bits per heavy atom. The molecular formula is C10H17NO. The van der Waals surface area contributed by atoms with Crippen molar-refractivity contribution < 1.29 is 4.79 Å². The molecule has 1 saturated carbocycles. The van der Waals surface area contributed by atoms with Gasteiger partial charge >= 0.3 is 0 Å². The fraction of sp³-hybridized carbons (Fsp3) is 0.700. The highest BCUT2D eigenvalue weighted by Crippen LogP contribution is 2.26. The van der Waals surface area contributed by atoms with E-state index in [9.17, 15) is 4.79 Å². The first kappa shape index (κ1) is 9.46. The number of nitrogens with two attached hydrogens (primary N) is 1. The highest BCUT2D eigenvalue weighted by atomic mass is 16.1. The predicted octanol–water partition coefficient (Wildman–Crippen LogP) is 1.65. The van der Waals surface area contributed by atoms with Gasteiger partial charge in [-0.05, 0) is 26.2 Å². The first-order valence-corrected chi connectivity index (χ1v) is 4.52. The molecule has 0 amide bonds. The molecule has 2 unspecified atom stereocenters. The molecule has 0 bridgehead atoms. The van der Waals surface area contributed by atoms with E-state index in [2.05, 4.69) is 6.58 Å². The molecule has 1 rings (SSSR count). The van der Waals surface area contributed by atoms with Gasteiger partial charge in [-0.3, -0.25) is 4.79 Å². The Morgan fingerprint density at radius 2 is 2.25 bits per heavy atom. The van der Waals surface area contributed by atoms with E-state index >= 15 is 0 Å². The minimum absolute atomic E-state index is 0.219. The van der Waals surface area contributed by atoms with Crippen molar-refractivity contribution in [2.75, 3.05) is 0 Å². The van der Waals surface area contributed by atoms with Crippen LogP contribution in [0.4, 0.5) is 0 Å². The molecule has 0 aromatic carbocycles. The van der Waals surface area contributed by atoms with Crippen molar-refractivity contribution in [1.82, 2.24) is 0 Å². The van der Waals surface area contributed by atoms with Crippen LogP contribution in [0.1, 0.15) is 32.6 Å². The van der Waals surface area contributed by atoms with E-state index in [4.69, 9.17) is 5.73 Å². The number of Topliss-reactive ketones (excluding diaryl/α,β-unsaturated/α-hetero) is 1. The topological polar surface area (TPSA) is 43.1 Å². The molecule has 2 nitrogen and oxygen atoms in total. The number of hydrogen-bond acceptors (Lipinski definition) is 2. The van der Waals surface area contributed by atoms with E-state index in [1.807, 2.05) is 6.92 Å². The molecule has 0 saturated heterocycles. The van der Waals surface area contributed by atoms with E-state index < -0.39 is 0 Å². The SMILES string of the molecule is C=C(C)CC(=O)C1CCC(N)C1. The van der Waals surface area contributed by atoms with Crippen molar-refractivity contribution in [3.63, 3.8) is 0 Å². The highest BCUT2D eigenvalue weighted by Gasteiger charge is 2.26. The lowest BCUT2D eigenvalue weighted by molar-refractivity contribution is -0.122. The molecule has 0 spiro atoms. The summed E-state index contributed by atoms with van der Waals surface area (Å²) in [5.74, 6) is 0.548. The van der Waals surface area contributed by atoms with Crippen molar-refractivity contribution in [3.8, 4) is 0 Å². The van der Waals surface area contributed by atoms with Crippen LogP contribution in [-0.2, 0) is 4.79 Å². The number of ketones is 1. The molecule has 0 aliphatic heterocycles. The van der Waals surface area contributed by atoms with Gasteiger partial charge in [-0.1, -0.05) is 12.2 Å². The predicted molar refractivity (Wildman–Crippen MR) is 49.8 cm³/mol.